The van der Waals surface area contributed by atoms with Gasteiger partial charge in [0.2, 0.25) is 0 Å². The monoisotopic (exact) mass is 216 g/mol. The Morgan fingerprint density at radius 2 is 1.06 bits per heavy atom. The van der Waals surface area contributed by atoms with E-state index in [2.05, 4.69) is 38.1 Å². The molecule has 2 aromatic rings. The number of phenols is 2. The zero-order valence-electron chi connectivity index (χ0n) is 9.51. The summed E-state index contributed by atoms with van der Waals surface area (Å²) < 4.78 is 0. The largest absolute Gasteiger partial charge is 0.508 e. The molecule has 0 aromatic heterocycles. The number of aryl methyl sites for hydroxylation is 2. The summed E-state index contributed by atoms with van der Waals surface area (Å²) in [6.07, 6.45) is 0. The molecule has 0 bridgehead atoms. The SMILES string of the molecule is Cc1ccc(C)cc1.Oc1cccc(O)c1. The van der Waals surface area contributed by atoms with Gasteiger partial charge in [0.25, 0.3) is 0 Å². The lowest BCUT2D eigenvalue weighted by Crippen LogP contribution is -1.70. The van der Waals surface area contributed by atoms with E-state index in [1.54, 1.807) is 6.07 Å². The lowest BCUT2D eigenvalue weighted by atomic mass is 10.2. The van der Waals surface area contributed by atoms with Gasteiger partial charge in [0.15, 0.2) is 0 Å². The molecule has 2 heteroatoms. The highest BCUT2D eigenvalue weighted by molar-refractivity contribution is 5.30. The topological polar surface area (TPSA) is 40.5 Å². The lowest BCUT2D eigenvalue weighted by Gasteiger charge is -1.90. The van der Waals surface area contributed by atoms with Crippen molar-refractivity contribution in [2.75, 3.05) is 0 Å². The van der Waals surface area contributed by atoms with Gasteiger partial charge < -0.3 is 10.2 Å². The number of aromatic hydroxyl groups is 2. The van der Waals surface area contributed by atoms with E-state index in [1.807, 2.05) is 0 Å². The molecule has 0 aliphatic heterocycles. The second-order valence-electron chi connectivity index (χ2n) is 3.67. The van der Waals surface area contributed by atoms with E-state index in [1.165, 1.54) is 29.3 Å². The molecule has 0 radical (unpaired) electrons. The molecule has 84 valence electrons. The van der Waals surface area contributed by atoms with Crippen molar-refractivity contribution in [2.45, 2.75) is 13.8 Å². The minimum Gasteiger partial charge on any atom is -0.508 e. The minimum atomic E-state index is 0.0880. The molecule has 0 amide bonds. The maximum absolute atomic E-state index is 8.65. The van der Waals surface area contributed by atoms with Gasteiger partial charge in [0.1, 0.15) is 11.5 Å². The van der Waals surface area contributed by atoms with Crippen molar-refractivity contribution in [3.63, 3.8) is 0 Å². The molecule has 2 rings (SSSR count). The van der Waals surface area contributed by atoms with Crippen LogP contribution in [0, 0.1) is 13.8 Å². The first-order chi connectivity index (χ1) is 7.58. The van der Waals surface area contributed by atoms with Crippen molar-refractivity contribution in [3.8, 4) is 11.5 Å². The quantitative estimate of drug-likeness (QED) is 0.708. The number of rotatable bonds is 0. The van der Waals surface area contributed by atoms with Crippen molar-refractivity contribution in [1.29, 1.82) is 0 Å². The van der Waals surface area contributed by atoms with Gasteiger partial charge in [-0.25, -0.2) is 0 Å². The van der Waals surface area contributed by atoms with Crippen LogP contribution in [0.1, 0.15) is 11.1 Å². The average molecular weight is 216 g/mol. The molecule has 0 unspecified atom stereocenters. The summed E-state index contributed by atoms with van der Waals surface area (Å²) in [6, 6.07) is 14.3. The highest BCUT2D eigenvalue weighted by atomic mass is 16.3. The number of hydrogen-bond donors (Lipinski definition) is 2. The lowest BCUT2D eigenvalue weighted by molar-refractivity contribution is 0.450. The van der Waals surface area contributed by atoms with Crippen LogP contribution in [0.4, 0.5) is 0 Å². The van der Waals surface area contributed by atoms with E-state index in [9.17, 15) is 0 Å². The zero-order chi connectivity index (χ0) is 12.0. The molecule has 2 N–H and O–H groups in total. The van der Waals surface area contributed by atoms with Crippen LogP contribution in [0.5, 0.6) is 11.5 Å². The third-order valence-electron chi connectivity index (χ3n) is 2.05. The van der Waals surface area contributed by atoms with Gasteiger partial charge in [0, 0.05) is 6.07 Å². The maximum Gasteiger partial charge on any atom is 0.119 e. The fourth-order valence-corrected chi connectivity index (χ4v) is 1.13. The molecule has 0 heterocycles. The fraction of sp³-hybridized carbons (Fsp3) is 0.143. The van der Waals surface area contributed by atoms with Gasteiger partial charge in [-0.05, 0) is 26.0 Å². The second kappa shape index (κ2) is 5.81. The third kappa shape index (κ3) is 4.51. The Hall–Kier alpha value is -1.96. The van der Waals surface area contributed by atoms with Crippen LogP contribution in [0.15, 0.2) is 48.5 Å². The van der Waals surface area contributed by atoms with Crippen molar-refractivity contribution in [3.05, 3.63) is 59.7 Å². The highest BCUT2D eigenvalue weighted by Gasteiger charge is 1.85. The maximum atomic E-state index is 8.65. The van der Waals surface area contributed by atoms with Crippen LogP contribution in [-0.2, 0) is 0 Å². The van der Waals surface area contributed by atoms with Crippen LogP contribution in [-0.4, -0.2) is 10.2 Å². The first kappa shape index (κ1) is 12.1. The highest BCUT2D eigenvalue weighted by Crippen LogP contribution is 2.14. The van der Waals surface area contributed by atoms with Crippen LogP contribution in [0.3, 0.4) is 0 Å². The first-order valence-corrected chi connectivity index (χ1v) is 5.09. The van der Waals surface area contributed by atoms with Gasteiger partial charge in [-0.3, -0.25) is 0 Å². The number of hydrogen-bond acceptors (Lipinski definition) is 2. The van der Waals surface area contributed by atoms with Crippen molar-refractivity contribution >= 4 is 0 Å². The van der Waals surface area contributed by atoms with Gasteiger partial charge in [0.05, 0.1) is 0 Å². The van der Waals surface area contributed by atoms with Gasteiger partial charge in [-0.2, -0.15) is 0 Å². The summed E-state index contributed by atoms with van der Waals surface area (Å²) in [6.45, 7) is 4.19. The Morgan fingerprint density at radius 1 is 0.688 bits per heavy atom. The van der Waals surface area contributed by atoms with E-state index in [0.29, 0.717) is 0 Å². The van der Waals surface area contributed by atoms with E-state index in [4.69, 9.17) is 10.2 Å². The van der Waals surface area contributed by atoms with E-state index >= 15 is 0 Å². The Bertz CT molecular complexity index is 394. The molecule has 0 saturated carbocycles. The summed E-state index contributed by atoms with van der Waals surface area (Å²) in [7, 11) is 0. The Kier molecular flexibility index (Phi) is 4.40. The Balaban J connectivity index is 0.000000160. The average Bonchev–Trinajstić information content (AvgIpc) is 2.23. The summed E-state index contributed by atoms with van der Waals surface area (Å²) in [5.74, 6) is 0.176. The molecule has 2 aromatic carbocycles. The van der Waals surface area contributed by atoms with Crippen molar-refractivity contribution in [2.24, 2.45) is 0 Å². The predicted molar refractivity (Wildman–Crippen MR) is 65.7 cm³/mol. The molecule has 0 atom stereocenters. The second-order valence-corrected chi connectivity index (χ2v) is 3.67. The summed E-state index contributed by atoms with van der Waals surface area (Å²) >= 11 is 0. The first-order valence-electron chi connectivity index (χ1n) is 5.09. The normalized spacial score (nSPS) is 9.12. The number of benzene rings is 2. The van der Waals surface area contributed by atoms with Gasteiger partial charge in [-0.1, -0.05) is 41.5 Å². The molecule has 2 nitrogen and oxygen atoms in total. The molecular formula is C14H16O2. The minimum absolute atomic E-state index is 0.0880. The molecule has 16 heavy (non-hydrogen) atoms. The molecule has 0 fully saturated rings. The standard InChI is InChI=1S/C8H10.C6H6O2/c1-7-3-5-8(2)6-4-7;7-5-2-1-3-6(8)4-5/h3-6H,1-2H3;1-4,7-8H. The smallest absolute Gasteiger partial charge is 0.119 e. The summed E-state index contributed by atoms with van der Waals surface area (Å²) in [4.78, 5) is 0. The molecule has 0 saturated heterocycles. The number of phenolic OH excluding ortho intramolecular Hbond substituents is 2. The summed E-state index contributed by atoms with van der Waals surface area (Å²) in [5, 5.41) is 17.3. The third-order valence-corrected chi connectivity index (χ3v) is 2.05. The van der Waals surface area contributed by atoms with E-state index < -0.39 is 0 Å². The Labute approximate surface area is 95.8 Å². The summed E-state index contributed by atoms with van der Waals surface area (Å²) in [5.41, 5.74) is 2.66. The van der Waals surface area contributed by atoms with Crippen LogP contribution >= 0.6 is 0 Å². The Morgan fingerprint density at radius 3 is 1.31 bits per heavy atom. The van der Waals surface area contributed by atoms with E-state index in [0.717, 1.165) is 0 Å². The van der Waals surface area contributed by atoms with Crippen LogP contribution in [0.2, 0.25) is 0 Å². The molecular weight excluding hydrogens is 200 g/mol. The van der Waals surface area contributed by atoms with Crippen LogP contribution < -0.4 is 0 Å². The fourth-order valence-electron chi connectivity index (χ4n) is 1.13. The molecule has 0 aliphatic rings. The predicted octanol–water partition coefficient (Wildman–Crippen LogP) is 3.40. The zero-order valence-corrected chi connectivity index (χ0v) is 9.51. The molecule has 0 spiro atoms. The van der Waals surface area contributed by atoms with Gasteiger partial charge in [-0.15, -0.1) is 0 Å². The van der Waals surface area contributed by atoms with Gasteiger partial charge >= 0.3 is 0 Å². The van der Waals surface area contributed by atoms with E-state index in [-0.39, 0.29) is 11.5 Å². The molecule has 0 aliphatic carbocycles. The van der Waals surface area contributed by atoms with Crippen molar-refractivity contribution < 1.29 is 10.2 Å². The van der Waals surface area contributed by atoms with Crippen molar-refractivity contribution in [1.82, 2.24) is 0 Å². The van der Waals surface area contributed by atoms with Crippen LogP contribution in [0.25, 0.3) is 0 Å².